The number of aromatic nitrogens is 2. The number of fused-ring (bicyclic) bond motifs is 1. The van der Waals surface area contributed by atoms with Crippen LogP contribution in [0.4, 0.5) is 4.79 Å². The summed E-state index contributed by atoms with van der Waals surface area (Å²) in [5.74, 6) is 1.62. The van der Waals surface area contributed by atoms with Crippen molar-refractivity contribution in [2.45, 2.75) is 51.7 Å². The van der Waals surface area contributed by atoms with Crippen molar-refractivity contribution < 1.29 is 19.2 Å². The lowest BCUT2D eigenvalue weighted by Gasteiger charge is -2.32. The molecule has 1 saturated heterocycles. The van der Waals surface area contributed by atoms with Gasteiger partial charge in [0, 0.05) is 30.8 Å². The Morgan fingerprint density at radius 2 is 2.08 bits per heavy atom. The molecule has 9 nitrogen and oxygen atoms in total. The lowest BCUT2D eigenvalue weighted by Crippen LogP contribution is -2.45. The molecule has 1 fully saturated rings. The third kappa shape index (κ3) is 5.16. The summed E-state index contributed by atoms with van der Waals surface area (Å²) >= 11 is 0. The van der Waals surface area contributed by atoms with E-state index in [1.807, 2.05) is 36.9 Å². The van der Waals surface area contributed by atoms with Crippen LogP contribution in [-0.4, -0.2) is 52.0 Å². The first-order valence-corrected chi connectivity index (χ1v) is 12.8. The Balaban J connectivity index is 1.33. The first kappa shape index (κ1) is 24.8. The van der Waals surface area contributed by atoms with E-state index in [9.17, 15) is 15.2 Å². The van der Waals surface area contributed by atoms with Crippen molar-refractivity contribution in [2.75, 3.05) is 19.7 Å². The molecule has 0 spiro atoms. The van der Waals surface area contributed by atoms with Crippen molar-refractivity contribution in [2.24, 2.45) is 5.92 Å². The lowest BCUT2D eigenvalue weighted by atomic mass is 9.98. The second-order valence-electron chi connectivity index (χ2n) is 9.94. The molecule has 0 saturated carbocycles. The van der Waals surface area contributed by atoms with E-state index in [0.29, 0.717) is 41.7 Å². The van der Waals surface area contributed by atoms with Gasteiger partial charge >= 0.3 is 6.03 Å². The van der Waals surface area contributed by atoms with Crippen LogP contribution in [0.25, 0.3) is 22.8 Å². The highest BCUT2D eigenvalue weighted by molar-refractivity contribution is 5.76. The van der Waals surface area contributed by atoms with Crippen molar-refractivity contribution in [3.05, 3.63) is 53.1 Å². The fraction of sp³-hybridized carbons (Fsp3) is 0.429. The topological polar surface area (TPSA) is 125 Å². The van der Waals surface area contributed by atoms with Gasteiger partial charge in [-0.3, -0.25) is 0 Å². The van der Waals surface area contributed by atoms with Gasteiger partial charge in [0.25, 0.3) is 5.89 Å². The van der Waals surface area contributed by atoms with Gasteiger partial charge in [-0.15, -0.1) is 0 Å². The Morgan fingerprint density at radius 3 is 2.81 bits per heavy atom. The number of rotatable bonds is 6. The highest BCUT2D eigenvalue weighted by Crippen LogP contribution is 2.38. The van der Waals surface area contributed by atoms with Crippen LogP contribution in [0.3, 0.4) is 0 Å². The maximum atomic E-state index is 12.9. The molecule has 9 heteroatoms. The maximum Gasteiger partial charge on any atom is 0.317 e. The summed E-state index contributed by atoms with van der Waals surface area (Å²) in [4.78, 5) is 19.4. The van der Waals surface area contributed by atoms with E-state index in [1.54, 1.807) is 18.2 Å². The Labute approximate surface area is 216 Å². The number of benzene rings is 2. The van der Waals surface area contributed by atoms with Gasteiger partial charge < -0.3 is 24.6 Å². The van der Waals surface area contributed by atoms with Gasteiger partial charge in [0.05, 0.1) is 17.7 Å². The normalized spacial score (nSPS) is 17.5. The molecule has 0 bridgehead atoms. The molecular weight excluding hydrogens is 470 g/mol. The van der Waals surface area contributed by atoms with Crippen LogP contribution in [0.2, 0.25) is 0 Å². The number of amides is 2. The highest BCUT2D eigenvalue weighted by atomic mass is 16.5. The zero-order valence-corrected chi connectivity index (χ0v) is 21.1. The van der Waals surface area contributed by atoms with Crippen LogP contribution in [0, 0.1) is 17.2 Å². The number of urea groups is 1. The minimum atomic E-state index is -0.0731. The number of piperidine rings is 1. The number of carbonyl (C=O) groups is 1. The van der Waals surface area contributed by atoms with Gasteiger partial charge in [0.2, 0.25) is 5.82 Å². The Morgan fingerprint density at radius 1 is 1.27 bits per heavy atom. The molecule has 1 aliphatic carbocycles. The quantitative estimate of drug-likeness (QED) is 0.511. The first-order valence-electron chi connectivity index (χ1n) is 12.8. The van der Waals surface area contributed by atoms with Crippen molar-refractivity contribution in [1.82, 2.24) is 20.4 Å². The van der Waals surface area contributed by atoms with Gasteiger partial charge in [0.15, 0.2) is 0 Å². The van der Waals surface area contributed by atoms with Crippen molar-refractivity contribution in [1.29, 1.82) is 5.26 Å². The fourth-order valence-electron chi connectivity index (χ4n) is 5.13. The predicted molar refractivity (Wildman–Crippen MR) is 137 cm³/mol. The standard InChI is InChI=1S/C28H31N5O4/c1-17(2)36-25-9-6-19(14-20(25)15-29)27-31-26(32-37-27)23-5-3-4-22-21(23)7-8-24(22)30-28(35)33-12-10-18(16-34)11-13-33/h3-6,9,14,17-18,24,34H,7-8,10-13,16H2,1-2H3,(H,30,35)/t24-/m1/s1. The Kier molecular flexibility index (Phi) is 7.10. The largest absolute Gasteiger partial charge is 0.490 e. The fourth-order valence-corrected chi connectivity index (χ4v) is 5.13. The summed E-state index contributed by atoms with van der Waals surface area (Å²) in [5, 5.41) is 26.3. The highest BCUT2D eigenvalue weighted by Gasteiger charge is 2.30. The Hall–Kier alpha value is -3.90. The molecular formula is C28H31N5O4. The van der Waals surface area contributed by atoms with E-state index >= 15 is 0 Å². The number of carbonyl (C=O) groups excluding carboxylic acids is 1. The average Bonchev–Trinajstić information content (AvgIpc) is 3.56. The van der Waals surface area contributed by atoms with Crippen LogP contribution < -0.4 is 10.1 Å². The number of nitriles is 1. The first-order chi connectivity index (χ1) is 18.0. The lowest BCUT2D eigenvalue weighted by molar-refractivity contribution is 0.135. The second-order valence-corrected chi connectivity index (χ2v) is 9.94. The maximum absolute atomic E-state index is 12.9. The van der Waals surface area contributed by atoms with E-state index in [1.165, 1.54) is 0 Å². The van der Waals surface area contributed by atoms with E-state index < -0.39 is 0 Å². The third-order valence-corrected chi connectivity index (χ3v) is 7.10. The zero-order chi connectivity index (χ0) is 25.9. The molecule has 3 aromatic rings. The van der Waals surface area contributed by atoms with Crippen LogP contribution in [0.1, 0.15) is 55.8 Å². The summed E-state index contributed by atoms with van der Waals surface area (Å²) in [7, 11) is 0. The van der Waals surface area contributed by atoms with Crippen LogP contribution in [0.15, 0.2) is 40.9 Å². The zero-order valence-electron chi connectivity index (χ0n) is 21.1. The molecule has 2 N–H and O–H groups in total. The van der Waals surface area contributed by atoms with Crippen LogP contribution in [0.5, 0.6) is 5.75 Å². The molecule has 1 aromatic heterocycles. The van der Waals surface area contributed by atoms with Crippen molar-refractivity contribution in [3.8, 4) is 34.7 Å². The van der Waals surface area contributed by atoms with E-state index in [-0.39, 0.29) is 30.7 Å². The molecule has 1 aliphatic heterocycles. The molecule has 37 heavy (non-hydrogen) atoms. The number of likely N-dealkylation sites (tertiary alicyclic amines) is 1. The molecule has 192 valence electrons. The molecule has 2 aromatic carbocycles. The molecule has 2 aliphatic rings. The van der Waals surface area contributed by atoms with Crippen molar-refractivity contribution >= 4 is 6.03 Å². The van der Waals surface area contributed by atoms with E-state index in [2.05, 4.69) is 21.5 Å². The molecule has 1 atom stereocenters. The third-order valence-electron chi connectivity index (χ3n) is 7.10. The number of hydrogen-bond acceptors (Lipinski definition) is 7. The monoisotopic (exact) mass is 501 g/mol. The number of aliphatic hydroxyl groups is 1. The second kappa shape index (κ2) is 10.6. The van der Waals surface area contributed by atoms with Crippen LogP contribution >= 0.6 is 0 Å². The summed E-state index contributed by atoms with van der Waals surface area (Å²) in [6, 6.07) is 13.3. The number of nitrogens with zero attached hydrogens (tertiary/aromatic N) is 4. The SMILES string of the molecule is CC(C)Oc1ccc(-c2nc(-c3cccc4c3CC[C@H]4NC(=O)N3CCC(CO)CC3)no2)cc1C#N. The van der Waals surface area contributed by atoms with E-state index in [4.69, 9.17) is 9.26 Å². The summed E-state index contributed by atoms with van der Waals surface area (Å²) in [6.45, 7) is 5.34. The molecule has 5 rings (SSSR count). The number of aliphatic hydroxyl groups excluding tert-OH is 1. The van der Waals surface area contributed by atoms with Gasteiger partial charge in [-0.1, -0.05) is 23.4 Å². The van der Waals surface area contributed by atoms with Gasteiger partial charge in [-0.25, -0.2) is 4.79 Å². The molecule has 0 radical (unpaired) electrons. The smallest absolute Gasteiger partial charge is 0.317 e. The molecule has 2 heterocycles. The van der Waals surface area contributed by atoms with Crippen LogP contribution in [-0.2, 0) is 6.42 Å². The van der Waals surface area contributed by atoms with Gasteiger partial charge in [0.1, 0.15) is 11.8 Å². The van der Waals surface area contributed by atoms with E-state index in [0.717, 1.165) is 42.4 Å². The minimum Gasteiger partial charge on any atom is -0.490 e. The number of nitrogens with one attached hydrogen (secondary N) is 1. The summed E-state index contributed by atoms with van der Waals surface area (Å²) < 4.78 is 11.3. The summed E-state index contributed by atoms with van der Waals surface area (Å²) in [5.41, 5.74) is 4.12. The predicted octanol–water partition coefficient (Wildman–Crippen LogP) is 4.46. The van der Waals surface area contributed by atoms with Crippen molar-refractivity contribution in [3.63, 3.8) is 0 Å². The number of hydrogen-bond donors (Lipinski definition) is 2. The molecule has 0 unspecified atom stereocenters. The van der Waals surface area contributed by atoms with Gasteiger partial charge in [-0.2, -0.15) is 10.2 Å². The Bertz CT molecular complexity index is 1320. The minimum absolute atomic E-state index is 0.0415. The molecule has 2 amide bonds. The number of ether oxygens (including phenoxy) is 1. The summed E-state index contributed by atoms with van der Waals surface area (Å²) in [6.07, 6.45) is 3.23. The van der Waals surface area contributed by atoms with Gasteiger partial charge in [-0.05, 0) is 74.8 Å². The average molecular weight is 502 g/mol.